The van der Waals surface area contributed by atoms with Crippen LogP contribution in [0.3, 0.4) is 0 Å². The summed E-state index contributed by atoms with van der Waals surface area (Å²) in [5.74, 6) is 5.66. The number of quaternary nitrogens is 1. The number of hydrogen-bond acceptors (Lipinski definition) is 5. The highest BCUT2D eigenvalue weighted by Crippen LogP contribution is 2.18. The summed E-state index contributed by atoms with van der Waals surface area (Å²) in [7, 11) is -2.17. The largest absolute Gasteiger partial charge is 0.357 e. The van der Waals surface area contributed by atoms with Crippen LogP contribution in [0.25, 0.3) is 0 Å². The van der Waals surface area contributed by atoms with Gasteiger partial charge in [-0.15, -0.1) is 19.7 Å². The second kappa shape index (κ2) is 15.1. The first-order chi connectivity index (χ1) is 13.1. The molecule has 0 saturated carbocycles. The zero-order chi connectivity index (χ0) is 22.2. The number of rotatable bonds is 13. The number of likely N-dealkylation sites (N-methyl/N-ethyl adjacent to an activating group) is 1. The van der Waals surface area contributed by atoms with E-state index in [9.17, 15) is 17.7 Å². The number of nitrogens with two attached hydrogens (primary N) is 1. The minimum atomic E-state index is -3.85. The van der Waals surface area contributed by atoms with E-state index in [1.807, 2.05) is 25.2 Å². The molecule has 0 aliphatic heterocycles. The number of halogens is 1. The third kappa shape index (κ3) is 11.8. The molecule has 2 unspecified atom stereocenters. The second-order valence-electron chi connectivity index (χ2n) is 6.27. The summed E-state index contributed by atoms with van der Waals surface area (Å²) < 4.78 is 33.8. The Morgan fingerprint density at radius 1 is 1.18 bits per heavy atom. The molecule has 0 rings (SSSR count). The van der Waals surface area contributed by atoms with Gasteiger partial charge >= 0.3 is 5.91 Å². The molecule has 0 aromatic rings. The summed E-state index contributed by atoms with van der Waals surface area (Å²) in [5, 5.41) is 0. The molecule has 8 heteroatoms. The molecule has 28 heavy (non-hydrogen) atoms. The minimum Gasteiger partial charge on any atom is -0.224 e. The molecule has 0 fully saturated rings. The molecule has 0 bridgehead atoms. The van der Waals surface area contributed by atoms with Crippen LogP contribution in [-0.2, 0) is 19.3 Å². The molecule has 0 radical (unpaired) electrons. The van der Waals surface area contributed by atoms with Gasteiger partial charge in [-0.3, -0.25) is 0 Å². The first-order valence-corrected chi connectivity index (χ1v) is 10.5. The van der Waals surface area contributed by atoms with Crippen molar-refractivity contribution in [1.82, 2.24) is 0 Å². The van der Waals surface area contributed by atoms with Gasteiger partial charge in [0.05, 0.1) is 12.8 Å². The van der Waals surface area contributed by atoms with Crippen LogP contribution in [0, 0.1) is 0 Å². The third-order valence-electron chi connectivity index (χ3n) is 3.83. The van der Waals surface area contributed by atoms with Crippen molar-refractivity contribution in [3.05, 3.63) is 62.3 Å². The molecule has 0 heterocycles. The number of hydrogen-bond donors (Lipinski definition) is 1. The van der Waals surface area contributed by atoms with E-state index >= 15 is 0 Å². The maximum atomic E-state index is 11.9. The smallest absolute Gasteiger partial charge is 0.224 e. The summed E-state index contributed by atoms with van der Waals surface area (Å²) >= 11 is 0. The fourth-order valence-electron chi connectivity index (χ4n) is 2.19. The van der Waals surface area contributed by atoms with Gasteiger partial charge in [0.1, 0.15) is 6.04 Å². The van der Waals surface area contributed by atoms with E-state index in [0.717, 1.165) is 18.4 Å². The van der Waals surface area contributed by atoms with Gasteiger partial charge in [0.2, 0.25) is 0 Å². The van der Waals surface area contributed by atoms with E-state index in [-0.39, 0.29) is 22.3 Å². The summed E-state index contributed by atoms with van der Waals surface area (Å²) in [6.07, 6.45) is 12.0. The number of carbonyl (C=O) groups excluding carboxylic acids is 1. The van der Waals surface area contributed by atoms with Crippen LogP contribution < -0.4 is 5.84 Å². The summed E-state index contributed by atoms with van der Waals surface area (Å²) in [6.45, 7) is 16.5. The van der Waals surface area contributed by atoms with Gasteiger partial charge in [-0.05, 0) is 29.9 Å². The van der Waals surface area contributed by atoms with Gasteiger partial charge in [-0.1, -0.05) is 48.1 Å². The van der Waals surface area contributed by atoms with Gasteiger partial charge in [0, 0.05) is 12.5 Å². The zero-order valence-electron chi connectivity index (χ0n) is 17.0. The van der Waals surface area contributed by atoms with E-state index in [2.05, 4.69) is 30.7 Å². The fraction of sp³-hybridized carbons (Fsp3) is 0.450. The van der Waals surface area contributed by atoms with Gasteiger partial charge in [0.15, 0.2) is 0 Å². The van der Waals surface area contributed by atoms with Crippen LogP contribution in [0.4, 0.5) is 4.53 Å². The maximum absolute atomic E-state index is 11.9. The van der Waals surface area contributed by atoms with Crippen molar-refractivity contribution in [2.75, 3.05) is 12.8 Å². The Morgan fingerprint density at radius 3 is 2.07 bits per heavy atom. The number of allylic oxidation sites excluding steroid dienone is 3. The number of unbranched alkanes of at least 4 members (excludes halogenated alkanes) is 1. The topological polar surface area (TPSA) is 86.5 Å². The molecular formula is C20H34FN2O4S+. The molecule has 0 saturated heterocycles. The number of carbonyl (C=O) groups is 1. The Labute approximate surface area is 169 Å². The lowest BCUT2D eigenvalue weighted by Gasteiger charge is -2.31. The Hall–Kier alpha value is -1.87. The van der Waals surface area contributed by atoms with E-state index in [1.54, 1.807) is 13.1 Å². The standard InChI is InChI=1S/C16H25N2O.C4H9FO3S/c1-6-10-14(11-7-2)13-15(12-8-3)18(5,17)16(19)9-4;1-2-3-4-9(6,7)8-5/h6-9,13,15H,1-4,10-12,17H2,5H3;2-4H2,1H3/q+1;. The Bertz CT molecular complexity index is 643. The zero-order valence-corrected chi connectivity index (χ0v) is 17.8. The van der Waals surface area contributed by atoms with Crippen molar-refractivity contribution < 1.29 is 26.7 Å². The van der Waals surface area contributed by atoms with Gasteiger partial charge in [-0.25, -0.2) is 4.79 Å². The Morgan fingerprint density at radius 2 is 1.71 bits per heavy atom. The first-order valence-electron chi connectivity index (χ1n) is 8.93. The lowest BCUT2D eigenvalue weighted by molar-refractivity contribution is -0.862. The quantitative estimate of drug-likeness (QED) is 0.122. The molecule has 0 aromatic carbocycles. The average Bonchev–Trinajstić information content (AvgIpc) is 2.66. The van der Waals surface area contributed by atoms with Crippen molar-refractivity contribution in [2.45, 2.75) is 45.1 Å². The van der Waals surface area contributed by atoms with Crippen LogP contribution in [0.5, 0.6) is 0 Å². The molecule has 0 aliphatic rings. The third-order valence-corrected chi connectivity index (χ3v) is 4.81. The maximum Gasteiger partial charge on any atom is 0.357 e. The normalized spacial score (nSPS) is 13.7. The van der Waals surface area contributed by atoms with Gasteiger partial charge in [0.25, 0.3) is 10.1 Å². The molecule has 0 spiro atoms. The molecule has 2 atom stereocenters. The summed E-state index contributed by atoms with van der Waals surface area (Å²) in [6, 6.07) is -0.169. The molecule has 1 amide bonds. The average molecular weight is 418 g/mol. The molecule has 160 valence electrons. The van der Waals surface area contributed by atoms with E-state index in [4.69, 9.17) is 5.84 Å². The Balaban J connectivity index is 0. The monoisotopic (exact) mass is 417 g/mol. The van der Waals surface area contributed by atoms with Crippen LogP contribution in [0.1, 0.15) is 39.0 Å². The molecular weight excluding hydrogens is 383 g/mol. The van der Waals surface area contributed by atoms with Crippen molar-refractivity contribution in [3.8, 4) is 0 Å². The van der Waals surface area contributed by atoms with Crippen LogP contribution in [0.2, 0.25) is 0 Å². The fourth-order valence-corrected chi connectivity index (χ4v) is 2.89. The van der Waals surface area contributed by atoms with E-state index in [0.29, 0.717) is 19.3 Å². The minimum absolute atomic E-state index is 0.169. The first kappa shape index (κ1) is 28.3. The van der Waals surface area contributed by atoms with Crippen molar-refractivity contribution in [1.29, 1.82) is 0 Å². The van der Waals surface area contributed by atoms with Crippen LogP contribution in [-0.4, -0.2) is 37.8 Å². The number of amides is 1. The number of nitrogens with zero attached hydrogens (tertiary/aromatic N) is 1. The SMILES string of the molecule is C=CCC(=CC(CC=C)[N+](C)(N)C(=O)C=C)CC=C.CCCCS(=O)(=O)OF. The van der Waals surface area contributed by atoms with Crippen molar-refractivity contribution in [3.63, 3.8) is 0 Å². The Kier molecular flexibility index (Phi) is 15.3. The highest BCUT2D eigenvalue weighted by molar-refractivity contribution is 7.86. The van der Waals surface area contributed by atoms with Gasteiger partial charge in [-0.2, -0.15) is 18.9 Å². The molecule has 0 aliphatic carbocycles. The summed E-state index contributed by atoms with van der Waals surface area (Å²) in [4.78, 5) is 11.9. The lowest BCUT2D eigenvalue weighted by Crippen LogP contribution is -2.60. The lowest BCUT2D eigenvalue weighted by atomic mass is 10.0. The van der Waals surface area contributed by atoms with Crippen molar-refractivity contribution in [2.24, 2.45) is 5.84 Å². The highest BCUT2D eigenvalue weighted by atomic mass is 32.2. The molecule has 0 aromatic heterocycles. The van der Waals surface area contributed by atoms with Gasteiger partial charge < -0.3 is 0 Å². The molecule has 6 nitrogen and oxygen atoms in total. The highest BCUT2D eigenvalue weighted by Gasteiger charge is 2.33. The van der Waals surface area contributed by atoms with Crippen molar-refractivity contribution >= 4 is 16.0 Å². The predicted molar refractivity (Wildman–Crippen MR) is 113 cm³/mol. The van der Waals surface area contributed by atoms with Crippen LogP contribution in [0.15, 0.2) is 62.3 Å². The summed E-state index contributed by atoms with van der Waals surface area (Å²) in [5.41, 5.74) is 1.14. The van der Waals surface area contributed by atoms with E-state index in [1.165, 1.54) is 6.08 Å². The van der Waals surface area contributed by atoms with Crippen LogP contribution >= 0.6 is 0 Å². The second-order valence-corrected chi connectivity index (χ2v) is 7.92. The predicted octanol–water partition coefficient (Wildman–Crippen LogP) is 4.06. The van der Waals surface area contributed by atoms with E-state index < -0.39 is 10.1 Å². The molecule has 2 N–H and O–H groups in total.